The molecule has 0 spiro atoms. The van der Waals surface area contributed by atoms with Crippen LogP contribution in [0.1, 0.15) is 0 Å². The molecule has 0 aliphatic carbocycles. The van der Waals surface area contributed by atoms with Gasteiger partial charge < -0.3 is 30.9 Å². The standard InChI is InChI=1S/C10H19N5O5/c11-10-13-7-4(8(19)14-10)12-2-15(7)9-6(18)5(17)3(1-16)20-9/h4,6-10,12-14,16-19H,1-2,11H2/t4?,6?,7?,8?,9-,10?/m1/s1. The molecule has 0 bridgehead atoms. The van der Waals surface area contributed by atoms with Gasteiger partial charge in [0.05, 0.1) is 18.9 Å². The molecule has 3 aliphatic heterocycles. The minimum Gasteiger partial charge on any atom is -0.506 e. The lowest BCUT2D eigenvalue weighted by atomic mass is 10.1. The highest BCUT2D eigenvalue weighted by molar-refractivity contribution is 5.15. The maximum absolute atomic E-state index is 9.99. The first-order chi connectivity index (χ1) is 9.52. The van der Waals surface area contributed by atoms with Crippen molar-refractivity contribution < 1.29 is 25.2 Å². The van der Waals surface area contributed by atoms with Crippen LogP contribution in [0.25, 0.3) is 0 Å². The molecule has 0 aromatic heterocycles. The van der Waals surface area contributed by atoms with E-state index in [1.54, 1.807) is 4.90 Å². The van der Waals surface area contributed by atoms with Gasteiger partial charge in [-0.05, 0) is 0 Å². The van der Waals surface area contributed by atoms with Gasteiger partial charge in [0, 0.05) is 0 Å². The lowest BCUT2D eigenvalue weighted by Gasteiger charge is -2.40. The van der Waals surface area contributed by atoms with Crippen molar-refractivity contribution in [2.45, 2.75) is 37.1 Å². The van der Waals surface area contributed by atoms with Crippen molar-refractivity contribution in [3.8, 4) is 0 Å². The van der Waals surface area contributed by atoms with Crippen molar-refractivity contribution in [3.05, 3.63) is 11.5 Å². The third-order valence-corrected chi connectivity index (χ3v) is 3.82. The molecule has 0 aromatic carbocycles. The average molecular weight is 289 g/mol. The van der Waals surface area contributed by atoms with E-state index in [9.17, 15) is 15.3 Å². The van der Waals surface area contributed by atoms with Crippen LogP contribution in [-0.2, 0) is 4.74 Å². The van der Waals surface area contributed by atoms with E-state index in [2.05, 4.69) is 16.0 Å². The number of aliphatic hydroxyl groups is 4. The Morgan fingerprint density at radius 3 is 2.75 bits per heavy atom. The van der Waals surface area contributed by atoms with E-state index in [4.69, 9.17) is 15.6 Å². The molecule has 20 heavy (non-hydrogen) atoms. The van der Waals surface area contributed by atoms with Gasteiger partial charge in [-0.15, -0.1) is 0 Å². The smallest absolute Gasteiger partial charge is 0.188 e. The number of nitrogens with one attached hydrogen (secondary N) is 3. The van der Waals surface area contributed by atoms with Crippen LogP contribution in [0.3, 0.4) is 0 Å². The molecule has 2 saturated heterocycles. The highest BCUT2D eigenvalue weighted by atomic mass is 16.5. The number of aliphatic hydroxyl groups excluding tert-OH is 4. The van der Waals surface area contributed by atoms with E-state index in [1.807, 2.05) is 0 Å². The monoisotopic (exact) mass is 289 g/mol. The molecule has 3 rings (SSSR count). The van der Waals surface area contributed by atoms with Crippen LogP contribution in [0.15, 0.2) is 11.5 Å². The Kier molecular flexibility index (Phi) is 3.56. The molecule has 114 valence electrons. The van der Waals surface area contributed by atoms with Gasteiger partial charge in [0.2, 0.25) is 0 Å². The lowest BCUT2D eigenvalue weighted by molar-refractivity contribution is -0.0962. The molecule has 6 atom stereocenters. The van der Waals surface area contributed by atoms with Gasteiger partial charge in [-0.1, -0.05) is 0 Å². The Bertz CT molecular complexity index is 421. The van der Waals surface area contributed by atoms with E-state index in [-0.39, 0.29) is 23.7 Å². The Morgan fingerprint density at radius 1 is 1.35 bits per heavy atom. The number of hydrogen-bond donors (Lipinski definition) is 8. The van der Waals surface area contributed by atoms with Gasteiger partial charge in [0.1, 0.15) is 19.1 Å². The van der Waals surface area contributed by atoms with Gasteiger partial charge in [0.25, 0.3) is 0 Å². The van der Waals surface area contributed by atoms with Crippen LogP contribution >= 0.6 is 0 Å². The molecule has 10 heteroatoms. The second-order valence-corrected chi connectivity index (χ2v) is 5.02. The SMILES string of the molecule is NC1NC(O)C2NCN([C@@H]3OC(CO)=C(O)C3O)C2N1. The summed E-state index contributed by atoms with van der Waals surface area (Å²) in [5, 5.41) is 47.4. The maximum Gasteiger partial charge on any atom is 0.188 e. The Labute approximate surface area is 114 Å². The number of rotatable bonds is 2. The summed E-state index contributed by atoms with van der Waals surface area (Å²) in [4.78, 5) is 1.69. The van der Waals surface area contributed by atoms with Crippen molar-refractivity contribution in [2.75, 3.05) is 13.3 Å². The van der Waals surface area contributed by atoms with E-state index < -0.39 is 31.5 Å². The summed E-state index contributed by atoms with van der Waals surface area (Å²) in [5.41, 5.74) is 5.72. The highest BCUT2D eigenvalue weighted by Crippen LogP contribution is 2.29. The first kappa shape index (κ1) is 14.0. The summed E-state index contributed by atoms with van der Waals surface area (Å²) in [7, 11) is 0. The number of nitrogens with two attached hydrogens (primary N) is 1. The zero-order chi connectivity index (χ0) is 14.4. The van der Waals surface area contributed by atoms with Gasteiger partial charge in [-0.3, -0.25) is 16.0 Å². The molecule has 0 saturated carbocycles. The van der Waals surface area contributed by atoms with Crippen molar-refractivity contribution in [1.82, 2.24) is 20.9 Å². The summed E-state index contributed by atoms with van der Waals surface area (Å²) in [6, 6.07) is -0.342. The minimum atomic E-state index is -1.26. The van der Waals surface area contributed by atoms with E-state index in [1.165, 1.54) is 0 Å². The largest absolute Gasteiger partial charge is 0.506 e. The Balaban J connectivity index is 1.76. The van der Waals surface area contributed by atoms with Crippen molar-refractivity contribution in [3.63, 3.8) is 0 Å². The third kappa shape index (κ3) is 2.06. The first-order valence-corrected chi connectivity index (χ1v) is 6.35. The average Bonchev–Trinajstić information content (AvgIpc) is 2.93. The topological polar surface area (TPSA) is 156 Å². The summed E-state index contributed by atoms with van der Waals surface area (Å²) >= 11 is 0. The van der Waals surface area contributed by atoms with Crippen LogP contribution in [-0.4, -0.2) is 75.7 Å². The fourth-order valence-electron chi connectivity index (χ4n) is 2.82. The van der Waals surface area contributed by atoms with Crippen molar-refractivity contribution in [2.24, 2.45) is 5.73 Å². The Morgan fingerprint density at radius 2 is 2.10 bits per heavy atom. The predicted molar refractivity (Wildman–Crippen MR) is 65.3 cm³/mol. The van der Waals surface area contributed by atoms with Gasteiger partial charge >= 0.3 is 0 Å². The number of nitrogens with zero attached hydrogens (tertiary/aromatic N) is 1. The molecular weight excluding hydrogens is 270 g/mol. The second-order valence-electron chi connectivity index (χ2n) is 5.02. The fourth-order valence-corrected chi connectivity index (χ4v) is 2.82. The molecule has 0 radical (unpaired) electrons. The van der Waals surface area contributed by atoms with E-state index >= 15 is 0 Å². The maximum atomic E-state index is 9.99. The lowest BCUT2D eigenvalue weighted by Crippen LogP contribution is -2.72. The van der Waals surface area contributed by atoms with Gasteiger partial charge in [0.15, 0.2) is 23.9 Å². The molecule has 5 unspecified atom stereocenters. The predicted octanol–water partition coefficient (Wildman–Crippen LogP) is -4.22. The molecular formula is C10H19N5O5. The third-order valence-electron chi connectivity index (χ3n) is 3.82. The quantitative estimate of drug-likeness (QED) is 0.251. The van der Waals surface area contributed by atoms with Crippen LogP contribution < -0.4 is 21.7 Å². The molecule has 9 N–H and O–H groups in total. The first-order valence-electron chi connectivity index (χ1n) is 6.35. The summed E-state index contributed by atoms with van der Waals surface area (Å²) in [6.45, 7) is -0.173. The Hall–Kier alpha value is -0.980. The van der Waals surface area contributed by atoms with Gasteiger partial charge in [-0.25, -0.2) is 4.90 Å². The zero-order valence-corrected chi connectivity index (χ0v) is 10.6. The van der Waals surface area contributed by atoms with E-state index in [0.717, 1.165) is 0 Å². The second kappa shape index (κ2) is 5.09. The summed E-state index contributed by atoms with van der Waals surface area (Å²) in [6.07, 6.45) is -3.95. The molecule has 3 heterocycles. The summed E-state index contributed by atoms with van der Waals surface area (Å²) < 4.78 is 5.37. The summed E-state index contributed by atoms with van der Waals surface area (Å²) in [5.74, 6) is -0.426. The van der Waals surface area contributed by atoms with Crippen LogP contribution in [0.5, 0.6) is 0 Å². The van der Waals surface area contributed by atoms with Crippen LogP contribution in [0.2, 0.25) is 0 Å². The van der Waals surface area contributed by atoms with Crippen molar-refractivity contribution >= 4 is 0 Å². The molecule has 10 nitrogen and oxygen atoms in total. The van der Waals surface area contributed by atoms with Gasteiger partial charge in [-0.2, -0.15) is 0 Å². The van der Waals surface area contributed by atoms with Crippen LogP contribution in [0, 0.1) is 0 Å². The zero-order valence-electron chi connectivity index (χ0n) is 10.6. The van der Waals surface area contributed by atoms with Crippen LogP contribution in [0.4, 0.5) is 0 Å². The molecule has 0 aromatic rings. The molecule has 3 aliphatic rings. The molecule has 2 fully saturated rings. The number of fused-ring (bicyclic) bond motifs is 1. The van der Waals surface area contributed by atoms with Crippen molar-refractivity contribution in [1.29, 1.82) is 0 Å². The number of ether oxygens (including phenoxy) is 1. The van der Waals surface area contributed by atoms with E-state index in [0.29, 0.717) is 6.67 Å². The minimum absolute atomic E-state index is 0.0512. The normalized spacial score (nSPS) is 45.6. The number of hydrogen-bond acceptors (Lipinski definition) is 10. The fraction of sp³-hybridized carbons (Fsp3) is 0.800. The molecule has 0 amide bonds. The highest BCUT2D eigenvalue weighted by Gasteiger charge is 2.50.